The first-order valence-electron chi connectivity index (χ1n) is 16.3. The number of carbonyl (C=O) groups is 3. The fourth-order valence-electron chi connectivity index (χ4n) is 8.14. The number of likely N-dealkylation sites (N-methyl/N-ethyl adjacent to an activating group) is 1. The average Bonchev–Trinajstić information content (AvgIpc) is 3.22. The Morgan fingerprint density at radius 2 is 1.66 bits per heavy atom. The van der Waals surface area contributed by atoms with Crippen LogP contribution in [0.15, 0.2) is 0 Å². The minimum atomic E-state index is -1.28. The molecule has 2 unspecified atom stereocenters. The Bertz CT molecular complexity index is 1050. The van der Waals surface area contributed by atoms with Crippen LogP contribution in [0.2, 0.25) is 0 Å². The van der Waals surface area contributed by atoms with Crippen molar-refractivity contribution in [3.63, 3.8) is 0 Å². The van der Waals surface area contributed by atoms with Crippen LogP contribution in [0.4, 0.5) is 0 Å². The summed E-state index contributed by atoms with van der Waals surface area (Å²) < 4.78 is 44.7. The molecule has 44 heavy (non-hydrogen) atoms. The second-order valence-electron chi connectivity index (χ2n) is 14.3. The molecule has 4 saturated heterocycles. The van der Waals surface area contributed by atoms with Crippen LogP contribution in [0.1, 0.15) is 74.7 Å². The summed E-state index contributed by atoms with van der Waals surface area (Å²) in [6, 6.07) is 0.0329. The Balaban J connectivity index is 1.84. The highest BCUT2D eigenvalue weighted by molar-refractivity contribution is 5.92. The summed E-state index contributed by atoms with van der Waals surface area (Å²) in [5.74, 6) is -2.68. The number of fused-ring (bicyclic) bond motifs is 5. The highest BCUT2D eigenvalue weighted by Gasteiger charge is 2.58. The average molecular weight is 626 g/mol. The number of Topliss-reactive ketones (excluding diaryl/α,β-unsaturated/α-hetero) is 2. The molecule has 4 heterocycles. The summed E-state index contributed by atoms with van der Waals surface area (Å²) in [7, 11) is 5.67. The molecule has 252 valence electrons. The van der Waals surface area contributed by atoms with E-state index in [-0.39, 0.29) is 42.8 Å². The van der Waals surface area contributed by atoms with Gasteiger partial charge in [0.2, 0.25) is 0 Å². The van der Waals surface area contributed by atoms with Crippen LogP contribution >= 0.6 is 0 Å². The van der Waals surface area contributed by atoms with E-state index in [0.29, 0.717) is 12.8 Å². The van der Waals surface area contributed by atoms with E-state index in [2.05, 4.69) is 4.90 Å². The maximum atomic E-state index is 13.8. The third-order valence-corrected chi connectivity index (χ3v) is 10.6. The third kappa shape index (κ3) is 6.66. The van der Waals surface area contributed by atoms with Crippen molar-refractivity contribution in [3.8, 4) is 0 Å². The second kappa shape index (κ2) is 13.7. The van der Waals surface area contributed by atoms with Crippen molar-refractivity contribution in [1.82, 2.24) is 4.90 Å². The summed E-state index contributed by atoms with van der Waals surface area (Å²) in [5, 5.41) is 0. The molecular weight excluding hydrogens is 570 g/mol. The molecule has 11 nitrogen and oxygen atoms in total. The number of ketones is 2. The molecule has 0 amide bonds. The highest BCUT2D eigenvalue weighted by Crippen LogP contribution is 2.45. The molecule has 11 heteroatoms. The number of carbonyl (C=O) groups excluding carboxylic acids is 3. The van der Waals surface area contributed by atoms with Gasteiger partial charge in [-0.1, -0.05) is 27.7 Å². The molecule has 0 aromatic rings. The molecule has 0 N–H and O–H groups in total. The van der Waals surface area contributed by atoms with Gasteiger partial charge in [-0.2, -0.15) is 0 Å². The summed E-state index contributed by atoms with van der Waals surface area (Å²) in [5.41, 5.74) is -2.33. The van der Waals surface area contributed by atoms with Crippen LogP contribution in [-0.4, -0.2) is 117 Å². The fourth-order valence-corrected chi connectivity index (χ4v) is 8.14. The molecule has 4 rings (SSSR count). The Hall–Kier alpha value is -1.47. The van der Waals surface area contributed by atoms with Gasteiger partial charge in [-0.3, -0.25) is 14.4 Å². The number of hydrogen-bond acceptors (Lipinski definition) is 11. The fraction of sp³-hybridized carbons (Fsp3) is 0.909. The van der Waals surface area contributed by atoms with Crippen molar-refractivity contribution in [2.45, 2.75) is 135 Å². The van der Waals surface area contributed by atoms with Gasteiger partial charge < -0.3 is 38.1 Å². The number of rotatable bonds is 5. The van der Waals surface area contributed by atoms with Crippen LogP contribution in [0.5, 0.6) is 0 Å². The van der Waals surface area contributed by atoms with Crippen LogP contribution in [0.3, 0.4) is 0 Å². The number of methoxy groups -OCH3 is 1. The van der Waals surface area contributed by atoms with E-state index in [1.807, 2.05) is 55.6 Å². The third-order valence-electron chi connectivity index (χ3n) is 10.6. The second-order valence-corrected chi connectivity index (χ2v) is 14.3. The van der Waals surface area contributed by atoms with Gasteiger partial charge in [0.05, 0.1) is 35.9 Å². The van der Waals surface area contributed by atoms with Gasteiger partial charge in [-0.05, 0) is 67.0 Å². The zero-order valence-electron chi connectivity index (χ0n) is 28.5. The smallest absolute Gasteiger partial charge is 0.311 e. The molecule has 0 saturated carbocycles. The van der Waals surface area contributed by atoms with Crippen molar-refractivity contribution in [3.05, 3.63) is 0 Å². The zero-order chi connectivity index (χ0) is 32.7. The Kier molecular flexibility index (Phi) is 11.0. The molecule has 4 aliphatic rings. The predicted octanol–water partition coefficient (Wildman–Crippen LogP) is 3.19. The minimum absolute atomic E-state index is 0.0329. The van der Waals surface area contributed by atoms with Gasteiger partial charge in [0.25, 0.3) is 0 Å². The van der Waals surface area contributed by atoms with Gasteiger partial charge in [-0.15, -0.1) is 0 Å². The van der Waals surface area contributed by atoms with E-state index in [4.69, 9.17) is 33.2 Å². The van der Waals surface area contributed by atoms with Crippen molar-refractivity contribution in [2.75, 3.05) is 34.4 Å². The van der Waals surface area contributed by atoms with Crippen molar-refractivity contribution in [2.24, 2.45) is 23.7 Å². The Morgan fingerprint density at radius 1 is 0.977 bits per heavy atom. The number of esters is 1. The van der Waals surface area contributed by atoms with Crippen molar-refractivity contribution >= 4 is 17.5 Å². The molecule has 0 aromatic heterocycles. The van der Waals surface area contributed by atoms with E-state index < -0.39 is 71.7 Å². The largest absolute Gasteiger partial charge is 0.459 e. The summed E-state index contributed by atoms with van der Waals surface area (Å²) in [4.78, 5) is 42.7. The maximum Gasteiger partial charge on any atom is 0.311 e. The molecular formula is C33H55NO10. The van der Waals surface area contributed by atoms with E-state index in [0.717, 1.165) is 6.42 Å². The van der Waals surface area contributed by atoms with Gasteiger partial charge in [-0.25, -0.2) is 0 Å². The first kappa shape index (κ1) is 35.4. The number of cyclic esters (lactones) is 1. The lowest BCUT2D eigenvalue weighted by Crippen LogP contribution is -2.60. The maximum absolute atomic E-state index is 13.8. The first-order valence-corrected chi connectivity index (χ1v) is 16.3. The van der Waals surface area contributed by atoms with E-state index in [1.54, 1.807) is 21.0 Å². The molecule has 4 fully saturated rings. The normalized spacial score (nSPS) is 47.7. The standard InChI is InChI=1S/C33H55NO10/c1-12-24-33(8)28(36)19(4)25(44-33)17(2)14-32(7)29(43-31-27(38-11)23(34(9)10)13-18(3)41-31)20(5)26(21(6)30(37)42-24)39-15-22(35)16-40-32/h17-21,23-27,29,31H,12-16H2,1-11H3/t17-,18-,19?,20+,21-,23+,24-,25?,26+,27-,29-,31+,32-,33-/m1/s1. The van der Waals surface area contributed by atoms with Crippen molar-refractivity contribution < 1.29 is 47.5 Å². The van der Waals surface area contributed by atoms with Crippen LogP contribution in [0, 0.1) is 23.7 Å². The number of nitrogens with zero attached hydrogens (tertiary/aromatic N) is 1. The Morgan fingerprint density at radius 3 is 2.27 bits per heavy atom. The lowest BCUT2D eigenvalue weighted by atomic mass is 9.75. The van der Waals surface area contributed by atoms with Crippen LogP contribution in [-0.2, 0) is 47.5 Å². The Labute approximate surface area is 262 Å². The molecule has 0 spiro atoms. The summed E-state index contributed by atoms with van der Waals surface area (Å²) in [6.45, 7) is 14.8. The first-order chi connectivity index (χ1) is 20.6. The van der Waals surface area contributed by atoms with E-state index >= 15 is 0 Å². The minimum Gasteiger partial charge on any atom is -0.459 e. The van der Waals surface area contributed by atoms with Gasteiger partial charge in [0.1, 0.15) is 25.4 Å². The molecule has 4 aliphatic heterocycles. The molecule has 0 aliphatic carbocycles. The molecule has 4 bridgehead atoms. The molecule has 0 radical (unpaired) electrons. The number of ether oxygens (including phenoxy) is 7. The van der Waals surface area contributed by atoms with Gasteiger partial charge in [0, 0.05) is 25.0 Å². The van der Waals surface area contributed by atoms with E-state index in [1.165, 1.54) is 0 Å². The number of hydrogen-bond donors (Lipinski definition) is 0. The van der Waals surface area contributed by atoms with E-state index in [9.17, 15) is 14.4 Å². The topological polar surface area (TPSA) is 119 Å². The van der Waals surface area contributed by atoms with Crippen LogP contribution in [0.25, 0.3) is 0 Å². The van der Waals surface area contributed by atoms with Gasteiger partial charge in [0.15, 0.2) is 23.5 Å². The monoisotopic (exact) mass is 625 g/mol. The zero-order valence-corrected chi connectivity index (χ0v) is 28.5. The lowest BCUT2D eigenvalue weighted by Gasteiger charge is -2.49. The lowest BCUT2D eigenvalue weighted by molar-refractivity contribution is -0.306. The van der Waals surface area contributed by atoms with Crippen LogP contribution < -0.4 is 0 Å². The quantitative estimate of drug-likeness (QED) is 0.419. The SMILES string of the molecule is CC[C@H]1OC(=O)[C@H](C)[C@H]2OCC(=O)CO[C@](C)(C[C@@H](C)C3O[C@@]1(C)C(=O)C3C)[C@H](O[C@@H]1O[C@H](C)C[C@H](N(C)C)[C@H]1OC)[C@H]2C. The highest BCUT2D eigenvalue weighted by atomic mass is 16.7. The molecule has 0 aromatic carbocycles. The summed E-state index contributed by atoms with van der Waals surface area (Å²) >= 11 is 0. The van der Waals surface area contributed by atoms with Gasteiger partial charge >= 0.3 is 5.97 Å². The van der Waals surface area contributed by atoms with Crippen molar-refractivity contribution in [1.29, 1.82) is 0 Å². The predicted molar refractivity (Wildman–Crippen MR) is 161 cm³/mol. The summed E-state index contributed by atoms with van der Waals surface area (Å²) in [6.07, 6.45) is -2.36. The molecule has 14 atom stereocenters.